The first-order valence-corrected chi connectivity index (χ1v) is 8.01. The third-order valence-corrected chi connectivity index (χ3v) is 4.72. The van der Waals surface area contributed by atoms with Crippen LogP contribution in [0.15, 0.2) is 12.8 Å². The summed E-state index contributed by atoms with van der Waals surface area (Å²) in [5.74, 6) is -1.12. The van der Waals surface area contributed by atoms with Gasteiger partial charge in [0.15, 0.2) is 0 Å². The first-order chi connectivity index (χ1) is 10.7. The Morgan fingerprint density at radius 2 is 1.70 bits per heavy atom. The molecule has 1 saturated carbocycles. The molecule has 2 unspecified atom stereocenters. The summed E-state index contributed by atoms with van der Waals surface area (Å²) in [7, 11) is 0. The first-order valence-electron chi connectivity index (χ1n) is 8.01. The molecule has 0 radical (unpaired) electrons. The van der Waals surface area contributed by atoms with Crippen molar-refractivity contribution in [2.75, 3.05) is 13.1 Å². The number of carbonyl (C=O) groups is 3. The minimum Gasteiger partial charge on any atom is -0.481 e. The number of ether oxygens (including phenoxy) is 1. The van der Waals surface area contributed by atoms with Gasteiger partial charge in [0.05, 0.1) is 12.2 Å². The standard InChI is InChI=1S/C15H23NO3.C2H4O2/c1-4-19-14(18)12-10-11(15(12,2)3)13(17)16-8-6-5-7-9-16;1-2(3)4/h4,11-12H,1,5-10H2,2-3H3;1H3,(H,3,4). The van der Waals surface area contributed by atoms with Gasteiger partial charge in [-0.15, -0.1) is 0 Å². The molecular formula is C17H27NO5. The molecule has 2 fully saturated rings. The molecule has 2 atom stereocenters. The van der Waals surface area contributed by atoms with Crippen LogP contribution in [-0.4, -0.2) is 40.9 Å². The van der Waals surface area contributed by atoms with Crippen LogP contribution in [0.25, 0.3) is 0 Å². The zero-order chi connectivity index (χ0) is 17.6. The molecule has 1 N–H and O–H groups in total. The summed E-state index contributed by atoms with van der Waals surface area (Å²) < 4.78 is 4.86. The molecule has 0 aromatic heterocycles. The molecule has 0 spiro atoms. The molecule has 23 heavy (non-hydrogen) atoms. The van der Waals surface area contributed by atoms with Gasteiger partial charge < -0.3 is 14.7 Å². The number of carboxylic acid groups (broad SMARTS) is 1. The fourth-order valence-electron chi connectivity index (χ4n) is 3.24. The number of rotatable bonds is 3. The lowest BCUT2D eigenvalue weighted by Crippen LogP contribution is -2.56. The fourth-order valence-corrected chi connectivity index (χ4v) is 3.24. The van der Waals surface area contributed by atoms with Crippen LogP contribution in [0.4, 0.5) is 0 Å². The van der Waals surface area contributed by atoms with E-state index < -0.39 is 5.97 Å². The van der Waals surface area contributed by atoms with Crippen molar-refractivity contribution in [1.82, 2.24) is 4.90 Å². The van der Waals surface area contributed by atoms with E-state index in [1.165, 1.54) is 6.42 Å². The van der Waals surface area contributed by atoms with E-state index in [9.17, 15) is 9.59 Å². The number of nitrogens with zero attached hydrogens (tertiary/aromatic N) is 1. The van der Waals surface area contributed by atoms with Crippen molar-refractivity contribution in [3.63, 3.8) is 0 Å². The van der Waals surface area contributed by atoms with Gasteiger partial charge in [0, 0.05) is 25.9 Å². The average Bonchev–Trinajstić information content (AvgIpc) is 2.46. The summed E-state index contributed by atoms with van der Waals surface area (Å²) in [5, 5.41) is 7.42. The third kappa shape index (κ3) is 4.81. The number of likely N-dealkylation sites (tertiary alicyclic amines) is 1. The lowest BCUT2D eigenvalue weighted by atomic mass is 9.54. The second-order valence-electron chi connectivity index (χ2n) is 6.67. The minimum absolute atomic E-state index is 0.0482. The Labute approximate surface area is 137 Å². The van der Waals surface area contributed by atoms with E-state index in [4.69, 9.17) is 14.6 Å². The van der Waals surface area contributed by atoms with E-state index in [1.54, 1.807) is 0 Å². The van der Waals surface area contributed by atoms with Gasteiger partial charge >= 0.3 is 5.97 Å². The molecule has 1 heterocycles. The van der Waals surface area contributed by atoms with Crippen molar-refractivity contribution >= 4 is 17.8 Å². The maximum Gasteiger partial charge on any atom is 0.314 e. The minimum atomic E-state index is -0.833. The highest BCUT2D eigenvalue weighted by Gasteiger charge is 2.56. The molecule has 6 nitrogen and oxygen atoms in total. The van der Waals surface area contributed by atoms with E-state index in [1.807, 2.05) is 18.7 Å². The first kappa shape index (κ1) is 19.2. The number of aliphatic carboxylic acids is 1. The summed E-state index contributed by atoms with van der Waals surface area (Å²) in [6.07, 6.45) is 5.18. The SMILES string of the molecule is C=COC(=O)C1CC(C(=O)N2CCCCC2)C1(C)C.CC(=O)O. The van der Waals surface area contributed by atoms with Crippen LogP contribution >= 0.6 is 0 Å². The number of hydrogen-bond donors (Lipinski definition) is 1. The lowest BCUT2D eigenvalue weighted by molar-refractivity contribution is -0.168. The van der Waals surface area contributed by atoms with Gasteiger partial charge in [0.2, 0.25) is 5.91 Å². The Morgan fingerprint density at radius 3 is 2.13 bits per heavy atom. The second-order valence-corrected chi connectivity index (χ2v) is 6.67. The van der Waals surface area contributed by atoms with Crippen molar-refractivity contribution in [2.24, 2.45) is 17.3 Å². The van der Waals surface area contributed by atoms with Gasteiger partial charge in [-0.1, -0.05) is 20.4 Å². The topological polar surface area (TPSA) is 83.9 Å². The Kier molecular flexibility index (Phi) is 6.79. The van der Waals surface area contributed by atoms with E-state index in [-0.39, 0.29) is 29.1 Å². The van der Waals surface area contributed by atoms with E-state index >= 15 is 0 Å². The average molecular weight is 325 g/mol. The van der Waals surface area contributed by atoms with Gasteiger partial charge in [-0.3, -0.25) is 14.4 Å². The molecule has 0 aromatic rings. The number of carbonyl (C=O) groups excluding carboxylic acids is 2. The molecule has 1 amide bonds. The van der Waals surface area contributed by atoms with Crippen LogP contribution in [0, 0.1) is 17.3 Å². The fraction of sp³-hybridized carbons (Fsp3) is 0.706. The Balaban J connectivity index is 0.000000593. The summed E-state index contributed by atoms with van der Waals surface area (Å²) >= 11 is 0. The van der Waals surface area contributed by atoms with Crippen molar-refractivity contribution in [1.29, 1.82) is 0 Å². The quantitative estimate of drug-likeness (QED) is 0.636. The second kappa shape index (κ2) is 8.13. The highest BCUT2D eigenvalue weighted by atomic mass is 16.5. The van der Waals surface area contributed by atoms with E-state index in [0.717, 1.165) is 39.1 Å². The molecule has 1 saturated heterocycles. The van der Waals surface area contributed by atoms with Gasteiger partial charge in [-0.2, -0.15) is 0 Å². The number of carboxylic acids is 1. The van der Waals surface area contributed by atoms with Crippen molar-refractivity contribution in [3.8, 4) is 0 Å². The molecule has 1 aliphatic carbocycles. The summed E-state index contributed by atoms with van der Waals surface area (Å²) in [6, 6.07) is 0. The Hall–Kier alpha value is -1.85. The molecular weight excluding hydrogens is 298 g/mol. The molecule has 6 heteroatoms. The third-order valence-electron chi connectivity index (χ3n) is 4.72. The molecule has 0 aromatic carbocycles. The zero-order valence-electron chi connectivity index (χ0n) is 14.2. The van der Waals surface area contributed by atoms with Crippen LogP contribution in [0.2, 0.25) is 0 Å². The molecule has 2 rings (SSSR count). The molecule has 2 aliphatic rings. The normalized spacial score (nSPS) is 25.3. The smallest absolute Gasteiger partial charge is 0.314 e. The van der Waals surface area contributed by atoms with Gasteiger partial charge in [-0.05, 0) is 31.1 Å². The van der Waals surface area contributed by atoms with Crippen LogP contribution in [0.5, 0.6) is 0 Å². The summed E-state index contributed by atoms with van der Waals surface area (Å²) in [4.78, 5) is 35.2. The van der Waals surface area contributed by atoms with Crippen LogP contribution in [-0.2, 0) is 19.1 Å². The number of amides is 1. The Morgan fingerprint density at radius 1 is 1.17 bits per heavy atom. The van der Waals surface area contributed by atoms with E-state index in [0.29, 0.717) is 6.42 Å². The van der Waals surface area contributed by atoms with Crippen LogP contribution in [0.3, 0.4) is 0 Å². The predicted molar refractivity (Wildman–Crippen MR) is 85.4 cm³/mol. The van der Waals surface area contributed by atoms with Crippen LogP contribution in [0.1, 0.15) is 46.5 Å². The van der Waals surface area contributed by atoms with Crippen LogP contribution < -0.4 is 0 Å². The van der Waals surface area contributed by atoms with Gasteiger partial charge in [0.1, 0.15) is 0 Å². The summed E-state index contributed by atoms with van der Waals surface area (Å²) in [6.45, 7) is 10.2. The highest BCUT2D eigenvalue weighted by molar-refractivity contribution is 5.85. The number of piperidine rings is 1. The molecule has 0 bridgehead atoms. The highest BCUT2D eigenvalue weighted by Crippen LogP contribution is 2.52. The number of hydrogen-bond acceptors (Lipinski definition) is 4. The van der Waals surface area contributed by atoms with Crippen molar-refractivity contribution < 1.29 is 24.2 Å². The largest absolute Gasteiger partial charge is 0.481 e. The monoisotopic (exact) mass is 325 g/mol. The maximum atomic E-state index is 12.5. The Bertz CT molecular complexity index is 462. The van der Waals surface area contributed by atoms with E-state index in [2.05, 4.69) is 6.58 Å². The molecule has 130 valence electrons. The summed E-state index contributed by atoms with van der Waals surface area (Å²) in [5.41, 5.74) is -0.311. The van der Waals surface area contributed by atoms with Crippen molar-refractivity contribution in [2.45, 2.75) is 46.5 Å². The van der Waals surface area contributed by atoms with Gasteiger partial charge in [0.25, 0.3) is 5.97 Å². The van der Waals surface area contributed by atoms with Crippen molar-refractivity contribution in [3.05, 3.63) is 12.8 Å². The lowest BCUT2D eigenvalue weighted by Gasteiger charge is -2.50. The predicted octanol–water partition coefficient (Wildman–Crippen LogP) is 2.44. The number of esters is 1. The molecule has 1 aliphatic heterocycles. The zero-order valence-corrected chi connectivity index (χ0v) is 14.2. The van der Waals surface area contributed by atoms with Gasteiger partial charge in [-0.25, -0.2) is 0 Å². The maximum absolute atomic E-state index is 12.5.